The molecule has 4 nitrogen and oxygen atoms in total. The van der Waals surface area contributed by atoms with Gasteiger partial charge in [0.25, 0.3) is 5.91 Å². The summed E-state index contributed by atoms with van der Waals surface area (Å²) in [6, 6.07) is 14.5. The SMILES string of the molecule is CCC(CC)(CNC(=O)c1ccccc1OC)c1cccc(O)c1. The molecule has 24 heavy (non-hydrogen) atoms. The van der Waals surface area contributed by atoms with Crippen LogP contribution in [0.1, 0.15) is 42.6 Å². The first kappa shape index (κ1) is 17.9. The molecule has 0 saturated heterocycles. The second-order valence-electron chi connectivity index (χ2n) is 5.92. The van der Waals surface area contributed by atoms with Crippen LogP contribution < -0.4 is 10.1 Å². The third-order valence-electron chi connectivity index (χ3n) is 4.75. The van der Waals surface area contributed by atoms with Crippen LogP contribution in [-0.4, -0.2) is 24.7 Å². The third kappa shape index (κ3) is 3.70. The number of hydrogen-bond acceptors (Lipinski definition) is 3. The number of phenols is 1. The van der Waals surface area contributed by atoms with Crippen LogP contribution in [0.2, 0.25) is 0 Å². The van der Waals surface area contributed by atoms with E-state index in [2.05, 4.69) is 19.2 Å². The van der Waals surface area contributed by atoms with Crippen molar-refractivity contribution >= 4 is 5.91 Å². The summed E-state index contributed by atoms with van der Waals surface area (Å²) in [5.41, 5.74) is 1.35. The molecule has 2 aromatic carbocycles. The lowest BCUT2D eigenvalue weighted by atomic mass is 9.75. The van der Waals surface area contributed by atoms with Crippen LogP contribution in [0.15, 0.2) is 48.5 Å². The first-order valence-electron chi connectivity index (χ1n) is 8.27. The van der Waals surface area contributed by atoms with Crippen molar-refractivity contribution in [3.63, 3.8) is 0 Å². The first-order valence-corrected chi connectivity index (χ1v) is 8.27. The maximum Gasteiger partial charge on any atom is 0.255 e. The van der Waals surface area contributed by atoms with E-state index in [9.17, 15) is 9.90 Å². The van der Waals surface area contributed by atoms with Crippen molar-refractivity contribution in [2.45, 2.75) is 32.1 Å². The molecule has 0 unspecified atom stereocenters. The maximum atomic E-state index is 12.6. The zero-order chi connectivity index (χ0) is 17.6. The summed E-state index contributed by atoms with van der Waals surface area (Å²) in [7, 11) is 1.56. The number of carbonyl (C=O) groups is 1. The van der Waals surface area contributed by atoms with E-state index in [4.69, 9.17) is 4.74 Å². The Hall–Kier alpha value is -2.49. The van der Waals surface area contributed by atoms with E-state index >= 15 is 0 Å². The average molecular weight is 327 g/mol. The molecule has 0 saturated carbocycles. The second kappa shape index (κ2) is 7.86. The minimum atomic E-state index is -0.212. The molecule has 2 rings (SSSR count). The summed E-state index contributed by atoms with van der Waals surface area (Å²) in [4.78, 5) is 12.6. The lowest BCUT2D eigenvalue weighted by molar-refractivity contribution is 0.0938. The van der Waals surface area contributed by atoms with Gasteiger partial charge in [0.2, 0.25) is 0 Å². The van der Waals surface area contributed by atoms with Crippen LogP contribution in [0, 0.1) is 0 Å². The summed E-state index contributed by atoms with van der Waals surface area (Å²) in [6.07, 6.45) is 1.72. The van der Waals surface area contributed by atoms with Crippen LogP contribution in [0.4, 0.5) is 0 Å². The molecular formula is C20H25NO3. The van der Waals surface area contributed by atoms with E-state index in [-0.39, 0.29) is 17.1 Å². The van der Waals surface area contributed by atoms with Gasteiger partial charge >= 0.3 is 0 Å². The quantitative estimate of drug-likeness (QED) is 0.811. The van der Waals surface area contributed by atoms with Crippen molar-refractivity contribution < 1.29 is 14.6 Å². The molecule has 0 heterocycles. The predicted molar refractivity (Wildman–Crippen MR) is 95.7 cm³/mol. The van der Waals surface area contributed by atoms with E-state index in [0.29, 0.717) is 17.9 Å². The Balaban J connectivity index is 2.21. The number of aromatic hydroxyl groups is 1. The van der Waals surface area contributed by atoms with Gasteiger partial charge in [-0.2, -0.15) is 0 Å². The van der Waals surface area contributed by atoms with Gasteiger partial charge in [0, 0.05) is 12.0 Å². The van der Waals surface area contributed by atoms with E-state index in [1.54, 1.807) is 31.4 Å². The molecule has 2 N–H and O–H groups in total. The largest absolute Gasteiger partial charge is 0.508 e. The molecule has 0 aromatic heterocycles. The van der Waals surface area contributed by atoms with Gasteiger partial charge in [0.15, 0.2) is 0 Å². The van der Waals surface area contributed by atoms with Crippen LogP contribution in [0.5, 0.6) is 11.5 Å². The zero-order valence-electron chi connectivity index (χ0n) is 14.5. The standard InChI is InChI=1S/C20H25NO3/c1-4-20(5-2,15-9-8-10-16(22)13-15)14-21-19(23)17-11-6-7-12-18(17)24-3/h6-13,22H,4-5,14H2,1-3H3,(H,21,23). The van der Waals surface area contributed by atoms with Gasteiger partial charge < -0.3 is 15.2 Å². The molecule has 4 heteroatoms. The number of benzene rings is 2. The monoisotopic (exact) mass is 327 g/mol. The highest BCUT2D eigenvalue weighted by Gasteiger charge is 2.29. The van der Waals surface area contributed by atoms with Crippen molar-refractivity contribution in [2.75, 3.05) is 13.7 Å². The van der Waals surface area contributed by atoms with Crippen LogP contribution in [-0.2, 0) is 5.41 Å². The number of methoxy groups -OCH3 is 1. The molecule has 0 bridgehead atoms. The predicted octanol–water partition coefficient (Wildman–Crippen LogP) is 3.89. The molecule has 0 aliphatic carbocycles. The number of phenolic OH excluding ortho intramolecular Hbond substituents is 1. The van der Waals surface area contributed by atoms with Crippen LogP contribution in [0.25, 0.3) is 0 Å². The average Bonchev–Trinajstić information content (AvgIpc) is 2.63. The minimum absolute atomic E-state index is 0.154. The van der Waals surface area contributed by atoms with Gasteiger partial charge in [0.05, 0.1) is 12.7 Å². The Bertz CT molecular complexity index is 693. The highest BCUT2D eigenvalue weighted by atomic mass is 16.5. The van der Waals surface area contributed by atoms with Gasteiger partial charge in [-0.1, -0.05) is 38.1 Å². The number of rotatable bonds is 7. The fourth-order valence-corrected chi connectivity index (χ4v) is 3.02. The third-order valence-corrected chi connectivity index (χ3v) is 4.75. The smallest absolute Gasteiger partial charge is 0.255 e. The number of para-hydroxylation sites is 1. The fourth-order valence-electron chi connectivity index (χ4n) is 3.02. The summed E-state index contributed by atoms with van der Waals surface area (Å²) in [5.74, 6) is 0.652. The fraction of sp³-hybridized carbons (Fsp3) is 0.350. The Labute approximate surface area is 143 Å². The Morgan fingerprint density at radius 1 is 1.12 bits per heavy atom. The van der Waals surface area contributed by atoms with Gasteiger partial charge in [-0.3, -0.25) is 4.79 Å². The van der Waals surface area contributed by atoms with Gasteiger partial charge in [-0.15, -0.1) is 0 Å². The summed E-state index contributed by atoms with van der Waals surface area (Å²) in [6.45, 7) is 4.70. The van der Waals surface area contributed by atoms with Gasteiger partial charge in [-0.25, -0.2) is 0 Å². The normalized spacial score (nSPS) is 11.1. The molecule has 0 atom stereocenters. The molecule has 0 radical (unpaired) electrons. The van der Waals surface area contributed by atoms with Crippen LogP contribution in [0.3, 0.4) is 0 Å². The van der Waals surface area contributed by atoms with E-state index < -0.39 is 0 Å². The minimum Gasteiger partial charge on any atom is -0.508 e. The van der Waals surface area contributed by atoms with Crippen molar-refractivity contribution in [1.29, 1.82) is 0 Å². The van der Waals surface area contributed by atoms with E-state index in [0.717, 1.165) is 18.4 Å². The molecule has 128 valence electrons. The highest BCUT2D eigenvalue weighted by molar-refractivity contribution is 5.96. The molecule has 0 fully saturated rings. The molecule has 1 amide bonds. The molecule has 2 aromatic rings. The lowest BCUT2D eigenvalue weighted by Crippen LogP contribution is -2.40. The number of ether oxygens (including phenoxy) is 1. The Morgan fingerprint density at radius 3 is 2.46 bits per heavy atom. The lowest BCUT2D eigenvalue weighted by Gasteiger charge is -2.32. The molecule has 0 spiro atoms. The topological polar surface area (TPSA) is 58.6 Å². The molecule has 0 aliphatic heterocycles. The Morgan fingerprint density at radius 2 is 1.83 bits per heavy atom. The summed E-state index contributed by atoms with van der Waals surface area (Å²) >= 11 is 0. The van der Waals surface area contributed by atoms with Crippen molar-refractivity contribution in [3.05, 3.63) is 59.7 Å². The second-order valence-corrected chi connectivity index (χ2v) is 5.92. The van der Waals surface area contributed by atoms with Crippen molar-refractivity contribution in [3.8, 4) is 11.5 Å². The van der Waals surface area contributed by atoms with Crippen LogP contribution >= 0.6 is 0 Å². The molecular weight excluding hydrogens is 302 g/mol. The van der Waals surface area contributed by atoms with Gasteiger partial charge in [0.1, 0.15) is 11.5 Å². The van der Waals surface area contributed by atoms with Crippen molar-refractivity contribution in [2.24, 2.45) is 0 Å². The summed E-state index contributed by atoms with van der Waals surface area (Å²) < 4.78 is 5.26. The number of carbonyl (C=O) groups excluding carboxylic acids is 1. The van der Waals surface area contributed by atoms with Gasteiger partial charge in [-0.05, 0) is 42.7 Å². The zero-order valence-corrected chi connectivity index (χ0v) is 14.5. The first-order chi connectivity index (χ1) is 11.6. The number of amides is 1. The summed E-state index contributed by atoms with van der Waals surface area (Å²) in [5, 5.41) is 12.8. The highest BCUT2D eigenvalue weighted by Crippen LogP contribution is 2.33. The van der Waals surface area contributed by atoms with E-state index in [1.165, 1.54) is 0 Å². The Kier molecular flexibility index (Phi) is 5.85. The van der Waals surface area contributed by atoms with E-state index in [1.807, 2.05) is 24.3 Å². The molecule has 0 aliphatic rings. The maximum absolute atomic E-state index is 12.6. The number of hydrogen-bond donors (Lipinski definition) is 2. The number of nitrogens with one attached hydrogen (secondary N) is 1. The van der Waals surface area contributed by atoms with Crippen molar-refractivity contribution in [1.82, 2.24) is 5.32 Å².